The van der Waals surface area contributed by atoms with Gasteiger partial charge in [-0.3, -0.25) is 14.8 Å². The van der Waals surface area contributed by atoms with Gasteiger partial charge in [0.25, 0.3) is 5.91 Å². The normalized spacial score (nSPS) is 15.0. The van der Waals surface area contributed by atoms with E-state index in [1.807, 2.05) is 26.8 Å². The van der Waals surface area contributed by atoms with E-state index in [2.05, 4.69) is 15.3 Å². The molecule has 0 saturated heterocycles. The number of amides is 1. The minimum absolute atomic E-state index is 0.0922. The summed E-state index contributed by atoms with van der Waals surface area (Å²) in [5, 5.41) is 3.79. The van der Waals surface area contributed by atoms with Crippen LogP contribution in [0.3, 0.4) is 0 Å². The van der Waals surface area contributed by atoms with Crippen molar-refractivity contribution in [1.29, 1.82) is 0 Å². The molecule has 164 valence electrons. The highest BCUT2D eigenvalue weighted by molar-refractivity contribution is 5.98. The van der Waals surface area contributed by atoms with Crippen molar-refractivity contribution in [2.24, 2.45) is 11.8 Å². The first kappa shape index (κ1) is 22.5. The van der Waals surface area contributed by atoms with Crippen molar-refractivity contribution >= 4 is 22.5 Å². The van der Waals surface area contributed by atoms with Crippen LogP contribution in [0.5, 0.6) is 0 Å². The topological polar surface area (TPSA) is 80.9 Å². The Bertz CT molecular complexity index is 1110. The Hall–Kier alpha value is -3.16. The molecule has 1 aromatic carbocycles. The van der Waals surface area contributed by atoms with E-state index in [9.17, 15) is 18.0 Å². The van der Waals surface area contributed by atoms with Crippen molar-refractivity contribution in [1.82, 2.24) is 15.3 Å². The van der Waals surface area contributed by atoms with E-state index in [-0.39, 0.29) is 29.1 Å². The van der Waals surface area contributed by atoms with Gasteiger partial charge in [-0.25, -0.2) is 0 Å². The van der Waals surface area contributed by atoms with Gasteiger partial charge < -0.3 is 11.1 Å². The number of nitrogens with two attached hydrogens (primary N) is 1. The Balaban J connectivity index is 2.03. The van der Waals surface area contributed by atoms with Gasteiger partial charge in [0, 0.05) is 23.3 Å². The molecular formula is C23H25F3N4O. The molecule has 2 heterocycles. The quantitative estimate of drug-likeness (QED) is 0.585. The Morgan fingerprint density at radius 3 is 2.42 bits per heavy atom. The van der Waals surface area contributed by atoms with Gasteiger partial charge in [-0.05, 0) is 49.1 Å². The van der Waals surface area contributed by atoms with E-state index in [1.165, 1.54) is 0 Å². The second-order valence-corrected chi connectivity index (χ2v) is 8.26. The van der Waals surface area contributed by atoms with E-state index < -0.39 is 17.3 Å². The van der Waals surface area contributed by atoms with Gasteiger partial charge in [0.1, 0.15) is 0 Å². The highest BCUT2D eigenvalue weighted by Gasteiger charge is 2.40. The summed E-state index contributed by atoms with van der Waals surface area (Å²) < 4.78 is 39.2. The molecule has 0 bridgehead atoms. The Labute approximate surface area is 178 Å². The van der Waals surface area contributed by atoms with Crippen LogP contribution in [0.2, 0.25) is 0 Å². The van der Waals surface area contributed by atoms with Gasteiger partial charge in [0.2, 0.25) is 0 Å². The van der Waals surface area contributed by atoms with E-state index in [0.717, 1.165) is 23.2 Å². The molecule has 3 N–H and O–H groups in total. The first-order chi connectivity index (χ1) is 14.4. The van der Waals surface area contributed by atoms with Crippen LogP contribution >= 0.6 is 0 Å². The molecule has 0 aliphatic rings. The van der Waals surface area contributed by atoms with Crippen LogP contribution in [0, 0.1) is 11.8 Å². The monoisotopic (exact) mass is 430 g/mol. The maximum atomic E-state index is 13.2. The number of anilines is 1. The van der Waals surface area contributed by atoms with Crippen molar-refractivity contribution in [2.45, 2.75) is 39.4 Å². The van der Waals surface area contributed by atoms with Gasteiger partial charge in [0.15, 0.2) is 0 Å². The summed E-state index contributed by atoms with van der Waals surface area (Å²) in [7, 11) is 0. The summed E-state index contributed by atoms with van der Waals surface area (Å²) in [5.41, 5.74) is 5.24. The van der Waals surface area contributed by atoms with Crippen LogP contribution in [0.25, 0.3) is 10.9 Å². The van der Waals surface area contributed by atoms with E-state index in [4.69, 9.17) is 5.73 Å². The largest absolute Gasteiger partial charge is 0.417 e. The lowest BCUT2D eigenvalue weighted by molar-refractivity contribution is -0.137. The lowest BCUT2D eigenvalue weighted by atomic mass is 9.76. The molecule has 0 fully saturated rings. The minimum atomic E-state index is -4.55. The van der Waals surface area contributed by atoms with Crippen molar-refractivity contribution in [3.8, 4) is 0 Å². The van der Waals surface area contributed by atoms with Crippen LogP contribution in [0.1, 0.15) is 49.3 Å². The van der Waals surface area contributed by atoms with E-state index >= 15 is 0 Å². The maximum Gasteiger partial charge on any atom is 0.417 e. The molecule has 0 radical (unpaired) electrons. The summed E-state index contributed by atoms with van der Waals surface area (Å²) in [5.74, 6) is -0.457. The number of nitrogen functional groups attached to an aromatic ring is 1. The summed E-state index contributed by atoms with van der Waals surface area (Å²) in [6.07, 6.45) is -2.13. The lowest BCUT2D eigenvalue weighted by Crippen LogP contribution is -2.50. The number of halogens is 3. The fourth-order valence-electron chi connectivity index (χ4n) is 3.65. The molecule has 2 atom stereocenters. The molecule has 2 aromatic heterocycles. The zero-order valence-corrected chi connectivity index (χ0v) is 17.8. The summed E-state index contributed by atoms with van der Waals surface area (Å²) in [4.78, 5) is 21.5. The molecule has 0 aliphatic carbocycles. The predicted molar refractivity (Wildman–Crippen MR) is 114 cm³/mol. The molecule has 2 unspecified atom stereocenters. The van der Waals surface area contributed by atoms with Gasteiger partial charge in [0.05, 0.1) is 28.0 Å². The molecule has 3 rings (SSSR count). The fraction of sp³-hybridized carbons (Fsp3) is 0.348. The number of pyridine rings is 2. The number of nitrogens with one attached hydrogen (secondary N) is 1. The van der Waals surface area contributed by atoms with Crippen molar-refractivity contribution < 1.29 is 18.0 Å². The van der Waals surface area contributed by atoms with Crippen LogP contribution in [-0.2, 0) is 11.7 Å². The van der Waals surface area contributed by atoms with Gasteiger partial charge >= 0.3 is 6.18 Å². The number of nitrogens with zero attached hydrogens (tertiary/aromatic N) is 2. The van der Waals surface area contributed by atoms with Gasteiger partial charge in [-0.1, -0.05) is 26.8 Å². The van der Waals surface area contributed by atoms with E-state index in [0.29, 0.717) is 5.56 Å². The number of hydrogen-bond acceptors (Lipinski definition) is 4. The summed E-state index contributed by atoms with van der Waals surface area (Å²) in [6, 6.07) is 9.63. The van der Waals surface area contributed by atoms with Crippen molar-refractivity contribution in [2.75, 3.05) is 5.73 Å². The highest BCUT2D eigenvalue weighted by Crippen LogP contribution is 2.38. The number of rotatable bonds is 5. The van der Waals surface area contributed by atoms with Crippen LogP contribution in [0.4, 0.5) is 18.9 Å². The standard InChI is InChI=1S/C23H25F3N4O/c1-13(2)14(3)22(4,20-18(27)11-17(12-29-20)23(24,25)26)30-21(31)16-7-8-19-15(10-16)6-5-9-28-19/h5-14H,27H2,1-4H3,(H,30,31). The van der Waals surface area contributed by atoms with Crippen LogP contribution in [-0.4, -0.2) is 15.9 Å². The number of fused-ring (bicyclic) bond motifs is 1. The van der Waals surface area contributed by atoms with Crippen molar-refractivity contribution in [3.63, 3.8) is 0 Å². The van der Waals surface area contributed by atoms with Gasteiger partial charge in [-0.15, -0.1) is 0 Å². The molecule has 8 heteroatoms. The number of carbonyl (C=O) groups is 1. The third-order valence-corrected chi connectivity index (χ3v) is 5.89. The molecule has 3 aromatic rings. The summed E-state index contributed by atoms with van der Waals surface area (Å²) >= 11 is 0. The average molecular weight is 430 g/mol. The molecule has 1 amide bonds. The van der Waals surface area contributed by atoms with Crippen LogP contribution < -0.4 is 11.1 Å². The third-order valence-electron chi connectivity index (χ3n) is 5.89. The second kappa shape index (κ2) is 8.17. The molecule has 0 aliphatic heterocycles. The lowest BCUT2D eigenvalue weighted by Gasteiger charge is -2.39. The molecule has 0 saturated carbocycles. The number of carbonyl (C=O) groups excluding carboxylic acids is 1. The Morgan fingerprint density at radius 1 is 1.10 bits per heavy atom. The smallest absolute Gasteiger partial charge is 0.397 e. The third kappa shape index (κ3) is 4.47. The average Bonchev–Trinajstić information content (AvgIpc) is 2.71. The molecule has 31 heavy (non-hydrogen) atoms. The fourth-order valence-corrected chi connectivity index (χ4v) is 3.65. The number of hydrogen-bond donors (Lipinski definition) is 2. The number of benzene rings is 1. The highest BCUT2D eigenvalue weighted by atomic mass is 19.4. The first-order valence-corrected chi connectivity index (χ1v) is 9.94. The molecule has 5 nitrogen and oxygen atoms in total. The molecule has 0 spiro atoms. The molecular weight excluding hydrogens is 405 g/mol. The Kier molecular flexibility index (Phi) is 5.93. The summed E-state index contributed by atoms with van der Waals surface area (Å²) in [6.45, 7) is 7.59. The second-order valence-electron chi connectivity index (χ2n) is 8.26. The minimum Gasteiger partial charge on any atom is -0.397 e. The number of alkyl halides is 3. The number of aromatic nitrogens is 2. The maximum absolute atomic E-state index is 13.2. The SMILES string of the molecule is CC(C)C(C)C(C)(NC(=O)c1ccc2ncccc2c1)c1ncc(C(F)(F)F)cc1N. The Morgan fingerprint density at radius 2 is 1.81 bits per heavy atom. The van der Waals surface area contributed by atoms with Crippen LogP contribution in [0.15, 0.2) is 48.8 Å². The predicted octanol–water partition coefficient (Wildman–Crippen LogP) is 5.17. The zero-order chi connectivity index (χ0) is 23.0. The first-order valence-electron chi connectivity index (χ1n) is 9.94. The van der Waals surface area contributed by atoms with Gasteiger partial charge in [-0.2, -0.15) is 13.2 Å². The van der Waals surface area contributed by atoms with Crippen molar-refractivity contribution in [3.05, 3.63) is 65.6 Å². The van der Waals surface area contributed by atoms with E-state index in [1.54, 1.807) is 37.4 Å². The zero-order valence-electron chi connectivity index (χ0n) is 17.8.